The van der Waals surface area contributed by atoms with Gasteiger partial charge in [-0.05, 0) is 19.3 Å². The molecule has 0 heterocycles. The molecule has 1 fully saturated rings. The van der Waals surface area contributed by atoms with Crippen molar-refractivity contribution in [1.29, 1.82) is 0 Å². The average Bonchev–Trinajstić information content (AvgIpc) is 2.58. The zero-order valence-electron chi connectivity index (χ0n) is 9.62. The Hall–Kier alpha value is -0.310. The first-order valence-electron chi connectivity index (χ1n) is 5.85. The van der Waals surface area contributed by atoms with Crippen LogP contribution in [0, 0.1) is 5.92 Å². The van der Waals surface area contributed by atoms with Crippen molar-refractivity contribution in [1.82, 2.24) is 0 Å². The molecule has 1 rings (SSSR count). The van der Waals surface area contributed by atoms with E-state index < -0.39 is 0 Å². The van der Waals surface area contributed by atoms with Crippen molar-refractivity contribution in [3.05, 3.63) is 0 Å². The fourth-order valence-corrected chi connectivity index (χ4v) is 3.36. The van der Waals surface area contributed by atoms with Gasteiger partial charge in [-0.3, -0.25) is 9.59 Å². The Morgan fingerprint density at radius 3 is 2.80 bits per heavy atom. The van der Waals surface area contributed by atoms with Gasteiger partial charge in [-0.25, -0.2) is 0 Å². The normalized spacial score (nSPS) is 23.1. The third-order valence-electron chi connectivity index (χ3n) is 2.96. The van der Waals surface area contributed by atoms with E-state index in [1.54, 1.807) is 6.92 Å². The second kappa shape index (κ2) is 6.31. The molecule has 1 aliphatic carbocycles. The molecule has 2 nitrogen and oxygen atoms in total. The summed E-state index contributed by atoms with van der Waals surface area (Å²) >= 11 is 1.38. The Kier molecular flexibility index (Phi) is 5.37. The molecule has 0 amide bonds. The summed E-state index contributed by atoms with van der Waals surface area (Å²) in [6, 6.07) is 0. The summed E-state index contributed by atoms with van der Waals surface area (Å²) in [5, 5.41) is 0.397. The van der Waals surface area contributed by atoms with Crippen LogP contribution in [0.1, 0.15) is 52.4 Å². The zero-order valence-corrected chi connectivity index (χ0v) is 10.4. The lowest BCUT2D eigenvalue weighted by atomic mass is 9.98. The molecule has 1 aliphatic rings. The number of unbranched alkanes of at least 4 members (excludes halogenated alkanes) is 1. The lowest BCUT2D eigenvalue weighted by Crippen LogP contribution is -2.22. The minimum Gasteiger partial charge on any atom is -0.299 e. The molecule has 0 aromatic rings. The maximum Gasteiger partial charge on any atom is 0.186 e. The van der Waals surface area contributed by atoms with Crippen LogP contribution in [-0.4, -0.2) is 16.1 Å². The number of ketones is 1. The molecule has 3 heteroatoms. The molecule has 0 spiro atoms. The molecule has 15 heavy (non-hydrogen) atoms. The van der Waals surface area contributed by atoms with Crippen LogP contribution < -0.4 is 0 Å². The highest BCUT2D eigenvalue weighted by molar-refractivity contribution is 8.14. The van der Waals surface area contributed by atoms with E-state index in [9.17, 15) is 9.59 Å². The van der Waals surface area contributed by atoms with E-state index in [0.29, 0.717) is 5.78 Å². The Balaban J connectivity index is 2.53. The van der Waals surface area contributed by atoms with E-state index in [1.807, 2.05) is 0 Å². The fraction of sp³-hybridized carbons (Fsp3) is 0.833. The van der Waals surface area contributed by atoms with Crippen molar-refractivity contribution in [3.8, 4) is 0 Å². The minimum atomic E-state index is 0.149. The van der Waals surface area contributed by atoms with Crippen LogP contribution in [0.15, 0.2) is 0 Å². The highest BCUT2D eigenvalue weighted by Crippen LogP contribution is 2.34. The number of Topliss-reactive ketones (excluding diaryl/α,β-unsaturated/α-hetero) is 1. The maximum absolute atomic E-state index is 11.6. The Morgan fingerprint density at radius 2 is 2.33 bits per heavy atom. The molecule has 0 saturated heterocycles. The van der Waals surface area contributed by atoms with E-state index in [2.05, 4.69) is 6.92 Å². The van der Waals surface area contributed by atoms with E-state index in [0.717, 1.165) is 38.5 Å². The van der Waals surface area contributed by atoms with Gasteiger partial charge in [0.25, 0.3) is 0 Å². The number of hydrogen-bond acceptors (Lipinski definition) is 3. The predicted molar refractivity (Wildman–Crippen MR) is 63.9 cm³/mol. The van der Waals surface area contributed by atoms with Gasteiger partial charge >= 0.3 is 0 Å². The van der Waals surface area contributed by atoms with E-state index >= 15 is 0 Å². The molecule has 2 atom stereocenters. The topological polar surface area (TPSA) is 34.1 Å². The van der Waals surface area contributed by atoms with Crippen LogP contribution in [0.3, 0.4) is 0 Å². The van der Waals surface area contributed by atoms with Crippen LogP contribution in [0.5, 0.6) is 0 Å². The van der Waals surface area contributed by atoms with E-state index in [4.69, 9.17) is 0 Å². The van der Waals surface area contributed by atoms with Gasteiger partial charge in [-0.15, -0.1) is 0 Å². The molecule has 0 radical (unpaired) electrons. The van der Waals surface area contributed by atoms with Gasteiger partial charge in [0.1, 0.15) is 5.78 Å². The van der Waals surface area contributed by atoms with E-state index in [-0.39, 0.29) is 16.3 Å². The van der Waals surface area contributed by atoms with Crippen LogP contribution in [-0.2, 0) is 9.59 Å². The lowest BCUT2D eigenvalue weighted by Gasteiger charge is -2.20. The first kappa shape index (κ1) is 12.8. The first-order valence-corrected chi connectivity index (χ1v) is 6.73. The molecular formula is C12H20O2S. The lowest BCUT2D eigenvalue weighted by molar-refractivity contribution is -0.120. The first-order chi connectivity index (χ1) is 7.15. The number of thioether (sulfide) groups is 1. The van der Waals surface area contributed by atoms with Crippen molar-refractivity contribution < 1.29 is 9.59 Å². The van der Waals surface area contributed by atoms with Crippen LogP contribution >= 0.6 is 11.8 Å². The van der Waals surface area contributed by atoms with Gasteiger partial charge in [0.2, 0.25) is 0 Å². The second-order valence-electron chi connectivity index (χ2n) is 4.26. The van der Waals surface area contributed by atoms with Crippen molar-refractivity contribution in [2.24, 2.45) is 5.92 Å². The summed E-state index contributed by atoms with van der Waals surface area (Å²) in [6.07, 6.45) is 6.01. The summed E-state index contributed by atoms with van der Waals surface area (Å²) < 4.78 is 0. The number of carbonyl (C=O) groups excluding carboxylic acids is 2. The van der Waals surface area contributed by atoms with Crippen LogP contribution in [0.25, 0.3) is 0 Å². The number of carbonyl (C=O) groups is 2. The molecule has 0 bridgehead atoms. The van der Waals surface area contributed by atoms with Gasteiger partial charge in [0, 0.05) is 24.5 Å². The third kappa shape index (κ3) is 3.98. The SMILES string of the molecule is CCCCC(SC(C)=O)C1CCCC1=O. The monoisotopic (exact) mass is 228 g/mol. The minimum absolute atomic E-state index is 0.149. The highest BCUT2D eigenvalue weighted by Gasteiger charge is 2.32. The molecule has 2 unspecified atom stereocenters. The maximum atomic E-state index is 11.6. The molecule has 0 aromatic carbocycles. The summed E-state index contributed by atoms with van der Waals surface area (Å²) in [5.41, 5.74) is 0. The number of rotatable bonds is 5. The van der Waals surface area contributed by atoms with Gasteiger partial charge in [0.05, 0.1) is 0 Å². The Labute approximate surface area is 96.2 Å². The van der Waals surface area contributed by atoms with Crippen molar-refractivity contribution in [2.45, 2.75) is 57.6 Å². The average molecular weight is 228 g/mol. The van der Waals surface area contributed by atoms with Crippen LogP contribution in [0.4, 0.5) is 0 Å². The van der Waals surface area contributed by atoms with Crippen molar-refractivity contribution in [3.63, 3.8) is 0 Å². The highest BCUT2D eigenvalue weighted by atomic mass is 32.2. The van der Waals surface area contributed by atoms with Gasteiger partial charge in [-0.1, -0.05) is 31.5 Å². The molecule has 86 valence electrons. The smallest absolute Gasteiger partial charge is 0.186 e. The zero-order chi connectivity index (χ0) is 11.3. The fourth-order valence-electron chi connectivity index (χ4n) is 2.20. The molecule has 0 N–H and O–H groups in total. The Morgan fingerprint density at radius 1 is 1.60 bits per heavy atom. The summed E-state index contributed by atoms with van der Waals surface area (Å²) in [6.45, 7) is 3.75. The summed E-state index contributed by atoms with van der Waals surface area (Å²) in [4.78, 5) is 22.8. The van der Waals surface area contributed by atoms with E-state index in [1.165, 1.54) is 11.8 Å². The molecule has 1 saturated carbocycles. The van der Waals surface area contributed by atoms with Gasteiger partial charge in [-0.2, -0.15) is 0 Å². The number of hydrogen-bond donors (Lipinski definition) is 0. The standard InChI is InChI=1S/C12H20O2S/c1-3-4-8-12(15-9(2)13)10-6-5-7-11(10)14/h10,12H,3-8H2,1-2H3. The molecule has 0 aromatic heterocycles. The third-order valence-corrected chi connectivity index (χ3v) is 4.16. The van der Waals surface area contributed by atoms with Gasteiger partial charge in [0.15, 0.2) is 5.12 Å². The van der Waals surface area contributed by atoms with Crippen molar-refractivity contribution in [2.75, 3.05) is 0 Å². The van der Waals surface area contributed by atoms with Gasteiger partial charge < -0.3 is 0 Å². The second-order valence-corrected chi connectivity index (χ2v) is 5.67. The summed E-state index contributed by atoms with van der Waals surface area (Å²) in [5.74, 6) is 0.537. The molecule has 0 aliphatic heterocycles. The van der Waals surface area contributed by atoms with Crippen molar-refractivity contribution >= 4 is 22.7 Å². The summed E-state index contributed by atoms with van der Waals surface area (Å²) in [7, 11) is 0. The van der Waals surface area contributed by atoms with Crippen LogP contribution in [0.2, 0.25) is 0 Å². The quantitative estimate of drug-likeness (QED) is 0.724. The largest absolute Gasteiger partial charge is 0.299 e. The predicted octanol–water partition coefficient (Wildman–Crippen LogP) is 3.19. The molecular weight excluding hydrogens is 208 g/mol. The Bertz CT molecular complexity index is 238.